The summed E-state index contributed by atoms with van der Waals surface area (Å²) in [6.45, 7) is 9.58. The van der Waals surface area contributed by atoms with Gasteiger partial charge in [-0.05, 0) is 51.5 Å². The van der Waals surface area contributed by atoms with Gasteiger partial charge in [0, 0.05) is 17.5 Å². The molecule has 0 spiro atoms. The maximum absolute atomic E-state index is 9.71. The normalized spacial score (nSPS) is 19.2. The molecule has 0 radical (unpaired) electrons. The van der Waals surface area contributed by atoms with Crippen LogP contribution in [0.2, 0.25) is 0 Å². The van der Waals surface area contributed by atoms with Crippen molar-refractivity contribution < 1.29 is 5.11 Å². The fourth-order valence-corrected chi connectivity index (χ4v) is 4.88. The van der Waals surface area contributed by atoms with Crippen molar-refractivity contribution in [3.63, 3.8) is 0 Å². The number of nitrogens with zero attached hydrogens (tertiary/aromatic N) is 3. The number of hydrogen-bond acceptors (Lipinski definition) is 6. The van der Waals surface area contributed by atoms with Crippen LogP contribution in [0.3, 0.4) is 0 Å². The van der Waals surface area contributed by atoms with Gasteiger partial charge in [-0.1, -0.05) is 6.92 Å². The van der Waals surface area contributed by atoms with Crippen LogP contribution in [0.4, 0.5) is 5.82 Å². The fourth-order valence-electron chi connectivity index (χ4n) is 3.47. The lowest BCUT2D eigenvalue weighted by atomic mass is 9.89. The topological polar surface area (TPSA) is 75.3 Å². The van der Waals surface area contributed by atoms with E-state index in [0.29, 0.717) is 24.9 Å². The quantitative estimate of drug-likeness (QED) is 0.869. The third-order valence-corrected chi connectivity index (χ3v) is 5.95. The Morgan fingerprint density at radius 3 is 2.75 bits per heavy atom. The van der Waals surface area contributed by atoms with E-state index in [4.69, 9.17) is 10.7 Å². The molecule has 2 aromatic heterocycles. The number of thiophene rings is 1. The third-order valence-electron chi connectivity index (χ3n) is 4.80. The summed E-state index contributed by atoms with van der Waals surface area (Å²) < 4.78 is 0. The molecule has 2 heterocycles. The zero-order chi connectivity index (χ0) is 17.4. The predicted molar refractivity (Wildman–Crippen MR) is 100 cm³/mol. The van der Waals surface area contributed by atoms with Gasteiger partial charge in [0.2, 0.25) is 0 Å². The summed E-state index contributed by atoms with van der Waals surface area (Å²) in [5.74, 6) is 2.10. The molecular weight excluding hydrogens is 320 g/mol. The highest BCUT2D eigenvalue weighted by molar-refractivity contribution is 7.19. The van der Waals surface area contributed by atoms with Gasteiger partial charge >= 0.3 is 0 Å². The molecule has 3 N–H and O–H groups in total. The van der Waals surface area contributed by atoms with Crippen LogP contribution in [0.5, 0.6) is 0 Å². The molecule has 0 fully saturated rings. The third kappa shape index (κ3) is 3.55. The van der Waals surface area contributed by atoms with Gasteiger partial charge in [0.25, 0.3) is 0 Å². The molecule has 0 aromatic carbocycles. The van der Waals surface area contributed by atoms with Crippen molar-refractivity contribution in [3.8, 4) is 0 Å². The zero-order valence-corrected chi connectivity index (χ0v) is 15.9. The molecule has 6 heteroatoms. The lowest BCUT2D eigenvalue weighted by Gasteiger charge is -2.26. The molecule has 3 rings (SSSR count). The number of nitrogen functional groups attached to an aromatic ring is 1. The molecule has 0 saturated heterocycles. The average Bonchev–Trinajstić information content (AvgIpc) is 2.83. The van der Waals surface area contributed by atoms with Crippen molar-refractivity contribution >= 4 is 27.4 Å². The smallest absolute Gasteiger partial charge is 0.146 e. The Labute approximate surface area is 147 Å². The van der Waals surface area contributed by atoms with E-state index >= 15 is 0 Å². The minimum absolute atomic E-state index is 0.317. The number of aryl methyl sites for hydroxylation is 1. The van der Waals surface area contributed by atoms with Crippen molar-refractivity contribution in [2.45, 2.75) is 65.6 Å². The van der Waals surface area contributed by atoms with Crippen molar-refractivity contribution in [1.29, 1.82) is 0 Å². The van der Waals surface area contributed by atoms with E-state index in [1.165, 1.54) is 16.9 Å². The van der Waals surface area contributed by atoms with Crippen LogP contribution in [0.15, 0.2) is 0 Å². The highest BCUT2D eigenvalue weighted by Crippen LogP contribution is 2.39. The Kier molecular flexibility index (Phi) is 5.08. The van der Waals surface area contributed by atoms with Crippen molar-refractivity contribution in [3.05, 3.63) is 16.3 Å². The Morgan fingerprint density at radius 1 is 1.33 bits per heavy atom. The molecule has 2 aromatic rings. The second-order valence-corrected chi connectivity index (χ2v) is 8.51. The average molecular weight is 349 g/mol. The highest BCUT2D eigenvalue weighted by Gasteiger charge is 2.24. The monoisotopic (exact) mass is 348 g/mol. The van der Waals surface area contributed by atoms with Crippen molar-refractivity contribution in [2.24, 2.45) is 5.92 Å². The van der Waals surface area contributed by atoms with Gasteiger partial charge in [-0.2, -0.15) is 0 Å². The van der Waals surface area contributed by atoms with Crippen LogP contribution < -0.4 is 5.73 Å². The molecule has 1 aliphatic rings. The van der Waals surface area contributed by atoms with E-state index in [9.17, 15) is 5.11 Å². The van der Waals surface area contributed by atoms with Crippen molar-refractivity contribution in [1.82, 2.24) is 14.9 Å². The minimum Gasteiger partial charge on any atom is -0.392 e. The number of hydrogen-bond donors (Lipinski definition) is 2. The maximum Gasteiger partial charge on any atom is 0.146 e. The molecule has 2 unspecified atom stereocenters. The van der Waals surface area contributed by atoms with Crippen LogP contribution >= 0.6 is 11.3 Å². The summed E-state index contributed by atoms with van der Waals surface area (Å²) in [5, 5.41) is 10.8. The molecule has 132 valence electrons. The van der Waals surface area contributed by atoms with E-state index < -0.39 is 0 Å². The fraction of sp³-hybridized carbons (Fsp3) is 0.667. The second-order valence-electron chi connectivity index (χ2n) is 7.43. The standard InChI is InChI=1S/C18H28N4OS/c1-10(2)22(8-12(4)23)9-15-20-17(19)16-13-6-5-11(3)7-14(13)24-18(16)21-15/h10-12,23H,5-9H2,1-4H3,(H2,19,20,21). The number of anilines is 1. The number of aromatic nitrogens is 2. The molecule has 2 atom stereocenters. The van der Waals surface area contributed by atoms with Crippen LogP contribution in [-0.4, -0.2) is 38.7 Å². The van der Waals surface area contributed by atoms with Gasteiger partial charge in [0.05, 0.1) is 18.0 Å². The van der Waals surface area contributed by atoms with E-state index in [1.807, 2.05) is 6.92 Å². The SMILES string of the molecule is CC(O)CN(Cc1nc(N)c2c3c(sc2n1)CC(C)CC3)C(C)C. The van der Waals surface area contributed by atoms with Crippen LogP contribution in [0.25, 0.3) is 10.2 Å². The summed E-state index contributed by atoms with van der Waals surface area (Å²) in [6, 6.07) is 0.317. The van der Waals surface area contributed by atoms with Gasteiger partial charge in [-0.25, -0.2) is 9.97 Å². The molecular formula is C18H28N4OS. The summed E-state index contributed by atoms with van der Waals surface area (Å²) in [5.41, 5.74) is 7.68. The lowest BCUT2D eigenvalue weighted by Crippen LogP contribution is -2.36. The number of rotatable bonds is 5. The molecule has 0 aliphatic heterocycles. The van der Waals surface area contributed by atoms with E-state index in [1.54, 1.807) is 11.3 Å². The number of fused-ring (bicyclic) bond motifs is 3. The Bertz CT molecular complexity index is 725. The molecule has 5 nitrogen and oxygen atoms in total. The minimum atomic E-state index is -0.371. The summed E-state index contributed by atoms with van der Waals surface area (Å²) in [7, 11) is 0. The van der Waals surface area contributed by atoms with Gasteiger partial charge in [0.1, 0.15) is 16.5 Å². The molecule has 0 saturated carbocycles. The van der Waals surface area contributed by atoms with E-state index in [2.05, 4.69) is 30.7 Å². The van der Waals surface area contributed by atoms with E-state index in [0.717, 1.165) is 34.8 Å². The molecule has 24 heavy (non-hydrogen) atoms. The highest BCUT2D eigenvalue weighted by atomic mass is 32.1. The first-order chi connectivity index (χ1) is 11.3. The van der Waals surface area contributed by atoms with Gasteiger partial charge < -0.3 is 10.8 Å². The number of nitrogens with two attached hydrogens (primary N) is 1. The molecule has 0 amide bonds. The summed E-state index contributed by atoms with van der Waals surface area (Å²) >= 11 is 1.78. The van der Waals surface area contributed by atoms with Gasteiger partial charge in [-0.3, -0.25) is 4.90 Å². The van der Waals surface area contributed by atoms with Crippen molar-refractivity contribution in [2.75, 3.05) is 12.3 Å². The largest absolute Gasteiger partial charge is 0.392 e. The number of aliphatic hydroxyl groups is 1. The lowest BCUT2D eigenvalue weighted by molar-refractivity contribution is 0.101. The van der Waals surface area contributed by atoms with Crippen LogP contribution in [0, 0.1) is 5.92 Å². The summed E-state index contributed by atoms with van der Waals surface area (Å²) in [4.78, 5) is 14.0. The molecule has 0 bridgehead atoms. The molecule has 1 aliphatic carbocycles. The Hall–Kier alpha value is -1.24. The first kappa shape index (κ1) is 17.6. The first-order valence-electron chi connectivity index (χ1n) is 8.84. The first-order valence-corrected chi connectivity index (χ1v) is 9.65. The maximum atomic E-state index is 9.71. The second kappa shape index (κ2) is 6.94. The number of aliphatic hydroxyl groups excluding tert-OH is 1. The zero-order valence-electron chi connectivity index (χ0n) is 15.0. The van der Waals surface area contributed by atoms with Crippen LogP contribution in [0.1, 0.15) is 50.4 Å². The van der Waals surface area contributed by atoms with Crippen LogP contribution in [-0.2, 0) is 19.4 Å². The van der Waals surface area contributed by atoms with Gasteiger partial charge in [0.15, 0.2) is 0 Å². The predicted octanol–water partition coefficient (Wildman–Crippen LogP) is 2.99. The van der Waals surface area contributed by atoms with E-state index in [-0.39, 0.29) is 6.10 Å². The van der Waals surface area contributed by atoms with Gasteiger partial charge in [-0.15, -0.1) is 11.3 Å². The summed E-state index contributed by atoms with van der Waals surface area (Å²) in [6.07, 6.45) is 3.06. The Balaban J connectivity index is 1.93. The Morgan fingerprint density at radius 2 is 2.08 bits per heavy atom.